The first-order valence-electron chi connectivity index (χ1n) is 17.8. The fourth-order valence-electron chi connectivity index (χ4n) is 7.18. The van der Waals surface area contributed by atoms with E-state index < -0.39 is 35.7 Å². The van der Waals surface area contributed by atoms with Crippen LogP contribution in [0.3, 0.4) is 0 Å². The van der Waals surface area contributed by atoms with Crippen molar-refractivity contribution in [3.8, 4) is 22.9 Å². The number of carboxylic acids is 1. The van der Waals surface area contributed by atoms with Crippen LogP contribution in [0.4, 0.5) is 5.13 Å². The Hall–Kier alpha value is -4.23. The van der Waals surface area contributed by atoms with Crippen molar-refractivity contribution < 1.29 is 33.7 Å². The summed E-state index contributed by atoms with van der Waals surface area (Å²) in [5.41, 5.74) is 0.587. The maximum absolute atomic E-state index is 14.4. The van der Waals surface area contributed by atoms with Crippen LogP contribution in [0.15, 0.2) is 41.8 Å². The first-order valence-corrected chi connectivity index (χ1v) is 18.7. The number of carbonyl (C=O) groups excluding carboxylic acids is 2. The van der Waals surface area contributed by atoms with E-state index in [1.165, 1.54) is 11.3 Å². The molecule has 4 aliphatic rings. The molecule has 0 bridgehead atoms. The zero-order chi connectivity index (χ0) is 34.8. The monoisotopic (exact) mass is 703 g/mol. The average molecular weight is 704 g/mol. The number of thiazole rings is 1. The number of pyridine rings is 1. The van der Waals surface area contributed by atoms with E-state index in [9.17, 15) is 19.5 Å². The molecule has 5 unspecified atom stereocenters. The minimum absolute atomic E-state index is 0.0377. The molecule has 0 radical (unpaired) electrons. The van der Waals surface area contributed by atoms with Crippen molar-refractivity contribution in [1.82, 2.24) is 20.2 Å². The molecule has 13 heteroatoms. The van der Waals surface area contributed by atoms with Gasteiger partial charge in [0, 0.05) is 41.8 Å². The van der Waals surface area contributed by atoms with Crippen molar-refractivity contribution in [2.24, 2.45) is 5.92 Å². The third-order valence-corrected chi connectivity index (χ3v) is 11.1. The van der Waals surface area contributed by atoms with E-state index in [1.807, 2.05) is 48.7 Å². The lowest BCUT2D eigenvalue weighted by atomic mass is 9.95. The van der Waals surface area contributed by atoms with Gasteiger partial charge in [0.1, 0.15) is 41.0 Å². The van der Waals surface area contributed by atoms with Crippen LogP contribution in [0.5, 0.6) is 11.5 Å². The van der Waals surface area contributed by atoms with Gasteiger partial charge in [-0.25, -0.2) is 14.8 Å². The smallest absolute Gasteiger partial charge is 0.330 e. The second-order valence-electron chi connectivity index (χ2n) is 13.8. The third-order valence-electron chi connectivity index (χ3n) is 10.3. The Labute approximate surface area is 295 Å². The molecule has 7 rings (SSSR count). The van der Waals surface area contributed by atoms with E-state index >= 15 is 0 Å². The van der Waals surface area contributed by atoms with Crippen molar-refractivity contribution >= 4 is 45.2 Å². The minimum atomic E-state index is -1.38. The van der Waals surface area contributed by atoms with Gasteiger partial charge in [0.05, 0.1) is 31.0 Å². The number of benzene rings is 1. The SMILES string of the molecule is CCNc1nc(-c2cc(OC3CC4C(=O)NC5(C(=O)O)CC5/C=C/CCCCCC(OC5CCC5)C(=O)N4C3)c3ccc(OC)cc3n2)cs1. The summed E-state index contributed by atoms with van der Waals surface area (Å²) in [7, 11) is 1.60. The van der Waals surface area contributed by atoms with Crippen LogP contribution in [0.25, 0.3) is 22.3 Å². The second kappa shape index (κ2) is 14.6. The lowest BCUT2D eigenvalue weighted by molar-refractivity contribution is -0.155. The summed E-state index contributed by atoms with van der Waals surface area (Å²) >= 11 is 1.49. The van der Waals surface area contributed by atoms with Crippen molar-refractivity contribution in [3.63, 3.8) is 0 Å². The summed E-state index contributed by atoms with van der Waals surface area (Å²) in [4.78, 5) is 52.1. The summed E-state index contributed by atoms with van der Waals surface area (Å²) in [6, 6.07) is 6.50. The van der Waals surface area contributed by atoms with Gasteiger partial charge in [-0.15, -0.1) is 11.3 Å². The highest BCUT2D eigenvalue weighted by atomic mass is 32.1. The number of nitrogens with one attached hydrogen (secondary N) is 2. The van der Waals surface area contributed by atoms with E-state index in [1.54, 1.807) is 12.0 Å². The van der Waals surface area contributed by atoms with Gasteiger partial charge in [-0.2, -0.15) is 0 Å². The van der Waals surface area contributed by atoms with E-state index in [2.05, 4.69) is 10.6 Å². The molecule has 266 valence electrons. The molecule has 3 N–H and O–H groups in total. The van der Waals surface area contributed by atoms with Gasteiger partial charge in [0.25, 0.3) is 5.91 Å². The molecule has 2 saturated carbocycles. The van der Waals surface area contributed by atoms with Crippen molar-refractivity contribution in [2.75, 3.05) is 25.5 Å². The summed E-state index contributed by atoms with van der Waals surface area (Å²) in [5, 5.41) is 19.8. The van der Waals surface area contributed by atoms with Gasteiger partial charge in [0.2, 0.25) is 5.91 Å². The second-order valence-corrected chi connectivity index (χ2v) is 14.6. The highest BCUT2D eigenvalue weighted by molar-refractivity contribution is 7.14. The molecule has 3 aromatic rings. The first-order chi connectivity index (χ1) is 24.3. The normalized spacial score (nSPS) is 28.0. The number of methoxy groups -OCH3 is 1. The summed E-state index contributed by atoms with van der Waals surface area (Å²) in [6.45, 7) is 2.91. The lowest BCUT2D eigenvalue weighted by Crippen LogP contribution is -2.54. The van der Waals surface area contributed by atoms with E-state index in [4.69, 9.17) is 24.2 Å². The summed E-state index contributed by atoms with van der Waals surface area (Å²) < 4.78 is 18.6. The Balaban J connectivity index is 1.21. The zero-order valence-electron chi connectivity index (χ0n) is 28.6. The number of hydrogen-bond donors (Lipinski definition) is 3. The van der Waals surface area contributed by atoms with Gasteiger partial charge in [0.15, 0.2) is 5.13 Å². The number of aliphatic carboxylic acids is 1. The van der Waals surface area contributed by atoms with Crippen LogP contribution >= 0.6 is 11.3 Å². The van der Waals surface area contributed by atoms with Crippen LogP contribution in [0.2, 0.25) is 0 Å². The molecular formula is C37H45N5O7S. The predicted molar refractivity (Wildman–Crippen MR) is 189 cm³/mol. The fraction of sp³-hybridized carbons (Fsp3) is 0.541. The molecule has 1 aromatic carbocycles. The molecule has 5 atom stereocenters. The van der Waals surface area contributed by atoms with Crippen molar-refractivity contribution in [1.29, 1.82) is 0 Å². The summed E-state index contributed by atoms with van der Waals surface area (Å²) in [5.74, 6) is -0.890. The van der Waals surface area contributed by atoms with Crippen molar-refractivity contribution in [3.05, 3.63) is 41.8 Å². The van der Waals surface area contributed by atoms with E-state index in [0.29, 0.717) is 41.2 Å². The molecule has 2 aliphatic heterocycles. The number of carbonyl (C=O) groups is 3. The fourth-order valence-corrected chi connectivity index (χ4v) is 7.96. The zero-order valence-corrected chi connectivity index (χ0v) is 29.4. The number of aromatic nitrogens is 2. The highest BCUT2D eigenvalue weighted by Gasteiger charge is 2.61. The lowest BCUT2D eigenvalue weighted by Gasteiger charge is -2.33. The van der Waals surface area contributed by atoms with Crippen LogP contribution in [0.1, 0.15) is 71.1 Å². The number of anilines is 1. The molecule has 2 aromatic heterocycles. The third kappa shape index (κ3) is 7.02. The van der Waals surface area contributed by atoms with E-state index in [-0.39, 0.29) is 30.9 Å². The number of amides is 2. The Morgan fingerprint density at radius 1 is 1.10 bits per heavy atom. The first kappa shape index (κ1) is 34.2. The van der Waals surface area contributed by atoms with Gasteiger partial charge in [-0.05, 0) is 64.0 Å². The highest BCUT2D eigenvalue weighted by Crippen LogP contribution is 2.45. The molecule has 4 heterocycles. The molecule has 12 nitrogen and oxygen atoms in total. The van der Waals surface area contributed by atoms with Crippen molar-refractivity contribution in [2.45, 2.75) is 101 Å². The van der Waals surface area contributed by atoms with Crippen LogP contribution < -0.4 is 20.1 Å². The molecule has 0 spiro atoms. The Kier molecular flexibility index (Phi) is 9.96. The van der Waals surface area contributed by atoms with Gasteiger partial charge >= 0.3 is 5.97 Å². The van der Waals surface area contributed by atoms with Crippen LogP contribution in [-0.2, 0) is 19.1 Å². The molecule has 2 aliphatic carbocycles. The van der Waals surface area contributed by atoms with E-state index in [0.717, 1.165) is 62.0 Å². The van der Waals surface area contributed by atoms with Gasteiger partial charge in [-0.1, -0.05) is 25.0 Å². The molecule has 2 amide bonds. The topological polar surface area (TPSA) is 152 Å². The van der Waals surface area contributed by atoms with Gasteiger partial charge < -0.3 is 34.9 Å². The molecule has 3 fully saturated rings. The number of fused-ring (bicyclic) bond motifs is 3. The summed E-state index contributed by atoms with van der Waals surface area (Å²) in [6.07, 6.45) is 10.3. The Morgan fingerprint density at radius 2 is 1.96 bits per heavy atom. The number of hydrogen-bond acceptors (Lipinski definition) is 10. The van der Waals surface area contributed by atoms with Gasteiger partial charge in [-0.3, -0.25) is 9.59 Å². The van der Waals surface area contributed by atoms with Crippen LogP contribution in [0, 0.1) is 5.92 Å². The maximum atomic E-state index is 14.4. The average Bonchev–Trinajstić information content (AvgIpc) is 3.37. The maximum Gasteiger partial charge on any atom is 0.330 e. The molecule has 1 saturated heterocycles. The molecule has 50 heavy (non-hydrogen) atoms. The predicted octanol–water partition coefficient (Wildman–Crippen LogP) is 5.56. The number of rotatable bonds is 9. The molecular weight excluding hydrogens is 659 g/mol. The number of nitrogens with zero attached hydrogens (tertiary/aromatic N) is 3. The number of carboxylic acid groups (broad SMARTS) is 1. The minimum Gasteiger partial charge on any atom is -0.497 e. The number of ether oxygens (including phenoxy) is 3. The Morgan fingerprint density at radius 3 is 2.72 bits per heavy atom. The quantitative estimate of drug-likeness (QED) is 0.242. The largest absolute Gasteiger partial charge is 0.497 e. The standard InChI is InChI=1S/C37H45N5O7S/c1-3-38-36-40-29(21-50-36)28-18-32(26-15-14-24(47-2)16-27(26)39-28)49-25-17-30-33(43)41-37(35(45)46)19-22(37)10-7-5-4-6-8-13-31(34(44)42(30)20-25)48-23-11-9-12-23/h7,10,14-16,18,21-23,25,30-31H,3-6,8-9,11-13,17,19-20H2,1-2H3,(H,38,40)(H,41,43)(H,45,46)/b10-7+. The van der Waals surface area contributed by atoms with Crippen LogP contribution in [-0.4, -0.2) is 87.9 Å². The Bertz CT molecular complexity index is 1780. The number of allylic oxidation sites excluding steroid dienone is 1.